The molecule has 0 nitrogen and oxygen atoms in total. The van der Waals surface area contributed by atoms with Gasteiger partial charge < -0.3 is 8.85 Å². The van der Waals surface area contributed by atoms with Crippen LogP contribution in [0.5, 0.6) is 0 Å². The third kappa shape index (κ3) is 17.1. The fraction of sp³-hybridized carbons (Fsp3) is 0.418. The Morgan fingerprint density at radius 3 is 1.18 bits per heavy atom. The van der Waals surface area contributed by atoms with Crippen molar-refractivity contribution in [2.45, 2.75) is 188 Å². The van der Waals surface area contributed by atoms with E-state index in [1.807, 2.05) is 0 Å². The van der Waals surface area contributed by atoms with Crippen LogP contribution in [-0.2, 0) is 10.8 Å². The molecule has 0 heterocycles. The first-order chi connectivity index (χ1) is 45.5. The maximum absolute atomic E-state index is 2.61. The van der Waals surface area contributed by atoms with E-state index in [0.717, 1.165) is 6.42 Å². The minimum absolute atomic E-state index is 0. The van der Waals surface area contributed by atoms with E-state index in [-0.39, 0.29) is 84.5 Å². The average molecular weight is 1310 g/mol. The molecule has 0 amide bonds. The molecule has 0 aromatic heterocycles. The topological polar surface area (TPSA) is 0 Å². The first-order valence-electron chi connectivity index (χ1n) is 37.1. The molecule has 9 aliphatic carbocycles. The fourth-order valence-electron chi connectivity index (χ4n) is 17.0. The van der Waals surface area contributed by atoms with Gasteiger partial charge in [0.05, 0.1) is 0 Å². The maximum Gasteiger partial charge on any atom is 1.00 e. The molecule has 0 spiro atoms. The van der Waals surface area contributed by atoms with Gasteiger partial charge in [-0.2, -0.15) is 0 Å². The number of rotatable bonds is 5. The molecular formula is C98H122Li2. The van der Waals surface area contributed by atoms with Crippen molar-refractivity contribution >= 4 is 11.1 Å². The molecule has 9 unspecified atom stereocenters. The van der Waals surface area contributed by atoms with E-state index in [9.17, 15) is 0 Å². The largest absolute Gasteiger partial charge is 1.00 e. The summed E-state index contributed by atoms with van der Waals surface area (Å²) in [4.78, 5) is 0. The normalized spacial score (nSPS) is 23.6. The number of allylic oxidation sites excluding steroid dienone is 26. The minimum Gasteiger partial charge on any atom is -1.00 e. The van der Waals surface area contributed by atoms with Gasteiger partial charge in [0.2, 0.25) is 0 Å². The van der Waals surface area contributed by atoms with Gasteiger partial charge >= 0.3 is 37.7 Å². The van der Waals surface area contributed by atoms with E-state index >= 15 is 0 Å². The van der Waals surface area contributed by atoms with Gasteiger partial charge in [0, 0.05) is 11.3 Å². The van der Waals surface area contributed by atoms with Crippen LogP contribution in [0.4, 0.5) is 0 Å². The van der Waals surface area contributed by atoms with Gasteiger partial charge in [-0.15, -0.1) is 0 Å². The van der Waals surface area contributed by atoms with Crippen molar-refractivity contribution in [2.24, 2.45) is 74.4 Å². The molecule has 0 saturated heterocycles. The molecule has 9 aliphatic rings. The molecule has 14 rings (SSSR count). The van der Waals surface area contributed by atoms with E-state index in [0.29, 0.717) is 53.3 Å². The summed E-state index contributed by atoms with van der Waals surface area (Å²) in [5.41, 5.74) is 28.5. The van der Waals surface area contributed by atoms with Crippen molar-refractivity contribution in [3.63, 3.8) is 0 Å². The van der Waals surface area contributed by atoms with Crippen molar-refractivity contribution < 1.29 is 39.1 Å². The first-order valence-corrected chi connectivity index (χ1v) is 37.1. The summed E-state index contributed by atoms with van der Waals surface area (Å²) in [5, 5.41) is 0. The van der Waals surface area contributed by atoms with Crippen molar-refractivity contribution in [3.05, 3.63) is 304 Å². The summed E-state index contributed by atoms with van der Waals surface area (Å²) >= 11 is 0. The molecule has 2 fully saturated rings. The Hall–Kier alpha value is -6.09. The van der Waals surface area contributed by atoms with Gasteiger partial charge in [0.1, 0.15) is 0 Å². The van der Waals surface area contributed by atoms with Crippen molar-refractivity contribution in [3.8, 4) is 22.3 Å². The van der Waals surface area contributed by atoms with Crippen molar-refractivity contribution in [1.82, 2.24) is 0 Å². The molecule has 100 heavy (non-hydrogen) atoms. The average Bonchev–Trinajstić information content (AvgIpc) is 1.57. The van der Waals surface area contributed by atoms with Gasteiger partial charge in [-0.25, -0.2) is 0 Å². The van der Waals surface area contributed by atoms with Gasteiger partial charge in [-0.05, 0) is 219 Å². The molecule has 0 N–H and O–H groups in total. The molecule has 9 atom stereocenters. The second-order valence-electron chi connectivity index (χ2n) is 36.8. The number of fused-ring (bicyclic) bond motifs is 9. The molecule has 0 radical (unpaired) electrons. The van der Waals surface area contributed by atoms with Crippen molar-refractivity contribution in [1.29, 1.82) is 0 Å². The SMILES string of the molecule is CC(C)(C)C1=CC2CC3C=C(C(C)(C)C)C=C(c4ccccc4)C3C2C=C1.CC(C)(C)C1=CC2CC3C=C(C(C)(C)C)C=C(c4ccccc4)C3C2C=C1.CC(C)(C)c1ccc2c(c1)C(C(C)(C)C1=CCC=C1)c1cc(C(C)(C)C)cc(-c3ccccc3)c1-2.CC(C)=C1C=CC=C1.[CH3-].[H-].[Li+].[Li+]. The van der Waals surface area contributed by atoms with E-state index in [1.165, 1.54) is 107 Å². The zero-order chi connectivity index (χ0) is 70.0. The summed E-state index contributed by atoms with van der Waals surface area (Å²) in [6, 6.07) is 45.4. The summed E-state index contributed by atoms with van der Waals surface area (Å²) in [6.07, 6.45) is 44.4. The van der Waals surface area contributed by atoms with Crippen LogP contribution in [0.2, 0.25) is 0 Å². The Labute approximate surface area is 635 Å². The van der Waals surface area contributed by atoms with E-state index in [2.05, 4.69) is 377 Å². The van der Waals surface area contributed by atoms with Gasteiger partial charge in [0.15, 0.2) is 0 Å². The summed E-state index contributed by atoms with van der Waals surface area (Å²) in [5.74, 6) is 5.42. The van der Waals surface area contributed by atoms with Crippen molar-refractivity contribution in [2.75, 3.05) is 0 Å². The first kappa shape index (κ1) is 79.6. The molecule has 2 saturated carbocycles. The minimum atomic E-state index is -0.00598. The van der Waals surface area contributed by atoms with E-state index < -0.39 is 0 Å². The monoisotopic (exact) mass is 1310 g/mol. The molecule has 0 aliphatic heterocycles. The van der Waals surface area contributed by atoms with E-state index in [4.69, 9.17) is 0 Å². The van der Waals surface area contributed by atoms with Crippen LogP contribution in [0.15, 0.2) is 264 Å². The summed E-state index contributed by atoms with van der Waals surface area (Å²) < 4.78 is 0. The molecule has 0 bridgehead atoms. The van der Waals surface area contributed by atoms with Crippen LogP contribution in [-0.4, -0.2) is 0 Å². The molecule has 5 aromatic carbocycles. The molecular weight excluding hydrogens is 1190 g/mol. The van der Waals surface area contributed by atoms with Crippen LogP contribution in [0.25, 0.3) is 33.4 Å². The van der Waals surface area contributed by atoms with Gasteiger partial charge in [-0.3, -0.25) is 0 Å². The molecule has 516 valence electrons. The Kier molecular flexibility index (Phi) is 24.4. The number of benzene rings is 5. The Morgan fingerprint density at radius 2 is 0.800 bits per heavy atom. The predicted molar refractivity (Wildman–Crippen MR) is 431 cm³/mol. The third-order valence-electron chi connectivity index (χ3n) is 22.8. The van der Waals surface area contributed by atoms with Gasteiger partial charge in [-0.1, -0.05) is 363 Å². The second-order valence-corrected chi connectivity index (χ2v) is 36.8. The van der Waals surface area contributed by atoms with Crippen LogP contribution < -0.4 is 37.7 Å². The van der Waals surface area contributed by atoms with Crippen LogP contribution in [0.3, 0.4) is 0 Å². The van der Waals surface area contributed by atoms with Crippen LogP contribution in [0.1, 0.15) is 212 Å². The van der Waals surface area contributed by atoms with Crippen LogP contribution >= 0.6 is 0 Å². The fourth-order valence-corrected chi connectivity index (χ4v) is 17.0. The summed E-state index contributed by atoms with van der Waals surface area (Å²) in [7, 11) is 0. The van der Waals surface area contributed by atoms with Crippen LogP contribution in [0, 0.1) is 81.8 Å². The Morgan fingerprint density at radius 1 is 0.390 bits per heavy atom. The van der Waals surface area contributed by atoms with Gasteiger partial charge in [0.25, 0.3) is 0 Å². The maximum atomic E-state index is 2.61. The zero-order valence-electron chi connectivity index (χ0n) is 67.7. The number of hydrogen-bond acceptors (Lipinski definition) is 0. The predicted octanol–water partition coefficient (Wildman–Crippen LogP) is 21.9. The second kappa shape index (κ2) is 30.7. The third-order valence-corrected chi connectivity index (χ3v) is 22.8. The Balaban J connectivity index is 0.000000199. The quantitative estimate of drug-likeness (QED) is 0.122. The number of hydrogen-bond donors (Lipinski definition) is 0. The Bertz CT molecular complexity index is 4020. The zero-order valence-corrected chi connectivity index (χ0v) is 66.7. The molecule has 2 heteroatoms. The standard InChI is InChI=1S/C35H40.2C27H34.C8H10.CH3.2Li.H/c1-33(2,3)25-18-19-27-29(20-25)32(35(7,8)24-16-12-13-17-24)30-22-26(34(4,5)6)21-28(31(27)30)23-14-10-9-11-15-23;2*1-26(2,3)21-12-13-23-19(15-21)14-20-16-22(27(4,5)6)17-24(25(20)23)18-10-8-7-9-11-18;1-7(2)8-5-3-4-6-8;;;;/h9-12,14-22,32H,13H2,1-8H3;2*7-13,15-17,19-20,23,25H,14H2,1-6H3;3-6H,1-2H3;1H3;;;/q;;;;-1;2*+1;-1. The summed E-state index contributed by atoms with van der Waals surface area (Å²) in [6.45, 7) is 51.2. The van der Waals surface area contributed by atoms with E-state index in [1.54, 1.807) is 11.1 Å². The smallest absolute Gasteiger partial charge is 1.00 e. The molecule has 5 aromatic rings.